The molecule has 0 unspecified atom stereocenters. The number of imidazole rings is 1. The number of amides is 3. The van der Waals surface area contributed by atoms with Crippen LogP contribution in [0.2, 0.25) is 0 Å². The van der Waals surface area contributed by atoms with Gasteiger partial charge in [0.25, 0.3) is 5.91 Å². The van der Waals surface area contributed by atoms with E-state index in [9.17, 15) is 9.59 Å². The summed E-state index contributed by atoms with van der Waals surface area (Å²) >= 11 is 0. The summed E-state index contributed by atoms with van der Waals surface area (Å²) in [6.45, 7) is 7.61. The van der Waals surface area contributed by atoms with E-state index >= 15 is 0 Å². The van der Waals surface area contributed by atoms with E-state index in [0.29, 0.717) is 31.1 Å². The van der Waals surface area contributed by atoms with Gasteiger partial charge in [0.2, 0.25) is 0 Å². The highest BCUT2D eigenvalue weighted by Gasteiger charge is 2.20. The number of rotatable bonds is 6. The van der Waals surface area contributed by atoms with Crippen molar-refractivity contribution in [3.8, 4) is 0 Å². The van der Waals surface area contributed by atoms with Crippen LogP contribution in [-0.2, 0) is 6.54 Å². The van der Waals surface area contributed by atoms with Crippen LogP contribution in [0.4, 0.5) is 4.79 Å². The normalized spacial score (nSPS) is 14.2. The lowest BCUT2D eigenvalue weighted by atomic mass is 10.1. The standard InChI is InChI=1S/C19H27N5O2/c1-14(2)12-21-19(26)20-7-10-24-13-22-16-11-15(5-6-17(16)24)18(25)23-8-3-4-9-23/h5-6,11,13-14H,3-4,7-10,12H2,1-2H3,(H2,20,21,26). The van der Waals surface area contributed by atoms with E-state index in [0.717, 1.165) is 37.0 Å². The lowest BCUT2D eigenvalue weighted by molar-refractivity contribution is 0.0793. The first-order chi connectivity index (χ1) is 12.5. The van der Waals surface area contributed by atoms with Crippen molar-refractivity contribution in [3.05, 3.63) is 30.1 Å². The number of benzene rings is 1. The molecule has 1 fully saturated rings. The molecule has 2 N–H and O–H groups in total. The first-order valence-corrected chi connectivity index (χ1v) is 9.30. The van der Waals surface area contributed by atoms with Crippen LogP contribution in [0.1, 0.15) is 37.0 Å². The highest BCUT2D eigenvalue weighted by Crippen LogP contribution is 2.18. The van der Waals surface area contributed by atoms with Crippen LogP contribution < -0.4 is 10.6 Å². The minimum absolute atomic E-state index is 0.0856. The van der Waals surface area contributed by atoms with Crippen LogP contribution in [0.5, 0.6) is 0 Å². The zero-order valence-corrected chi connectivity index (χ0v) is 15.5. The molecule has 140 valence electrons. The monoisotopic (exact) mass is 357 g/mol. The van der Waals surface area contributed by atoms with E-state index in [2.05, 4.69) is 29.5 Å². The second-order valence-electron chi connectivity index (χ2n) is 7.17. The molecule has 2 heterocycles. The van der Waals surface area contributed by atoms with Crippen molar-refractivity contribution >= 4 is 23.0 Å². The number of nitrogens with zero attached hydrogens (tertiary/aromatic N) is 3. The van der Waals surface area contributed by atoms with Crippen molar-refractivity contribution in [2.45, 2.75) is 33.2 Å². The van der Waals surface area contributed by atoms with Gasteiger partial charge in [-0.25, -0.2) is 9.78 Å². The number of fused-ring (bicyclic) bond motifs is 1. The zero-order chi connectivity index (χ0) is 18.5. The number of hydrogen-bond acceptors (Lipinski definition) is 3. The van der Waals surface area contributed by atoms with Crippen LogP contribution in [0, 0.1) is 5.92 Å². The Morgan fingerprint density at radius 2 is 1.96 bits per heavy atom. The van der Waals surface area contributed by atoms with Crippen LogP contribution in [0.15, 0.2) is 24.5 Å². The lowest BCUT2D eigenvalue weighted by Crippen LogP contribution is -2.38. The molecule has 1 aromatic heterocycles. The number of urea groups is 1. The molecule has 2 aromatic rings. The largest absolute Gasteiger partial charge is 0.339 e. The average Bonchev–Trinajstić information content (AvgIpc) is 3.29. The highest BCUT2D eigenvalue weighted by atomic mass is 16.2. The van der Waals surface area contributed by atoms with E-state index in [1.165, 1.54) is 0 Å². The molecule has 26 heavy (non-hydrogen) atoms. The Bertz CT molecular complexity index is 777. The van der Waals surface area contributed by atoms with Crippen LogP contribution >= 0.6 is 0 Å². The number of carbonyl (C=O) groups is 2. The van der Waals surface area contributed by atoms with Gasteiger partial charge in [-0.05, 0) is 37.0 Å². The maximum absolute atomic E-state index is 12.5. The maximum Gasteiger partial charge on any atom is 0.314 e. The number of nitrogens with one attached hydrogen (secondary N) is 2. The van der Waals surface area contributed by atoms with Crippen LogP contribution in [0.3, 0.4) is 0 Å². The van der Waals surface area contributed by atoms with Crippen molar-refractivity contribution in [3.63, 3.8) is 0 Å². The molecule has 3 amide bonds. The summed E-state index contributed by atoms with van der Waals surface area (Å²) in [6.07, 6.45) is 3.92. The number of carbonyl (C=O) groups excluding carboxylic acids is 2. The quantitative estimate of drug-likeness (QED) is 0.832. The van der Waals surface area contributed by atoms with Crippen molar-refractivity contribution in [2.24, 2.45) is 5.92 Å². The van der Waals surface area contributed by atoms with Gasteiger partial charge in [-0.3, -0.25) is 4.79 Å². The highest BCUT2D eigenvalue weighted by molar-refractivity contribution is 5.97. The topological polar surface area (TPSA) is 79.3 Å². The maximum atomic E-state index is 12.5. The molecular formula is C19H27N5O2. The van der Waals surface area contributed by atoms with Gasteiger partial charge in [0.05, 0.1) is 17.4 Å². The third kappa shape index (κ3) is 4.33. The van der Waals surface area contributed by atoms with Gasteiger partial charge in [0.1, 0.15) is 0 Å². The van der Waals surface area contributed by atoms with E-state index in [1.807, 2.05) is 27.7 Å². The molecule has 1 aliphatic heterocycles. The van der Waals surface area contributed by atoms with Gasteiger partial charge in [0, 0.05) is 38.3 Å². The van der Waals surface area contributed by atoms with Gasteiger partial charge in [0.15, 0.2) is 0 Å². The minimum Gasteiger partial charge on any atom is -0.339 e. The Labute approximate surface area is 153 Å². The molecule has 0 saturated carbocycles. The molecular weight excluding hydrogens is 330 g/mol. The van der Waals surface area contributed by atoms with Gasteiger partial charge in [-0.2, -0.15) is 0 Å². The van der Waals surface area contributed by atoms with Gasteiger partial charge < -0.3 is 20.1 Å². The molecule has 7 nitrogen and oxygen atoms in total. The fraction of sp³-hybridized carbons (Fsp3) is 0.526. The summed E-state index contributed by atoms with van der Waals surface area (Å²) in [5, 5.41) is 5.68. The van der Waals surface area contributed by atoms with E-state index in [4.69, 9.17) is 0 Å². The number of likely N-dealkylation sites (tertiary alicyclic amines) is 1. The zero-order valence-electron chi connectivity index (χ0n) is 15.5. The summed E-state index contributed by atoms with van der Waals surface area (Å²) in [5.41, 5.74) is 2.46. The van der Waals surface area contributed by atoms with Gasteiger partial charge >= 0.3 is 6.03 Å². The second kappa shape index (κ2) is 8.21. The molecule has 0 bridgehead atoms. The molecule has 1 saturated heterocycles. The number of hydrogen-bond donors (Lipinski definition) is 2. The molecule has 0 atom stereocenters. The molecule has 1 aliphatic rings. The third-order valence-electron chi connectivity index (χ3n) is 4.57. The summed E-state index contributed by atoms with van der Waals surface area (Å²) in [4.78, 5) is 30.5. The molecule has 0 aliphatic carbocycles. The van der Waals surface area contributed by atoms with Gasteiger partial charge in [-0.15, -0.1) is 0 Å². The van der Waals surface area contributed by atoms with Gasteiger partial charge in [-0.1, -0.05) is 13.8 Å². The van der Waals surface area contributed by atoms with Crippen LogP contribution in [-0.4, -0.2) is 52.6 Å². The first kappa shape index (κ1) is 18.2. The number of aromatic nitrogens is 2. The van der Waals surface area contributed by atoms with Crippen molar-refractivity contribution < 1.29 is 9.59 Å². The fourth-order valence-electron chi connectivity index (χ4n) is 3.13. The van der Waals surface area contributed by atoms with Crippen molar-refractivity contribution in [1.82, 2.24) is 25.1 Å². The van der Waals surface area contributed by atoms with E-state index in [1.54, 1.807) is 6.33 Å². The van der Waals surface area contributed by atoms with E-state index < -0.39 is 0 Å². The van der Waals surface area contributed by atoms with Crippen molar-refractivity contribution in [1.29, 1.82) is 0 Å². The summed E-state index contributed by atoms with van der Waals surface area (Å²) in [6, 6.07) is 5.51. The Morgan fingerprint density at radius 1 is 1.19 bits per heavy atom. The van der Waals surface area contributed by atoms with Crippen molar-refractivity contribution in [2.75, 3.05) is 26.2 Å². The molecule has 0 spiro atoms. The SMILES string of the molecule is CC(C)CNC(=O)NCCn1cnc2cc(C(=O)N3CCCC3)ccc21. The van der Waals surface area contributed by atoms with E-state index in [-0.39, 0.29) is 11.9 Å². The lowest BCUT2D eigenvalue weighted by Gasteiger charge is -2.15. The minimum atomic E-state index is -0.151. The predicted molar refractivity (Wildman–Crippen MR) is 101 cm³/mol. The Kier molecular flexibility index (Phi) is 5.75. The summed E-state index contributed by atoms with van der Waals surface area (Å²) < 4.78 is 1.99. The Balaban J connectivity index is 1.58. The molecule has 7 heteroatoms. The predicted octanol–water partition coefficient (Wildman–Crippen LogP) is 2.23. The fourth-order valence-corrected chi connectivity index (χ4v) is 3.13. The Morgan fingerprint density at radius 3 is 2.69 bits per heavy atom. The third-order valence-corrected chi connectivity index (χ3v) is 4.57. The molecule has 0 radical (unpaired) electrons. The van der Waals surface area contributed by atoms with Crippen LogP contribution in [0.25, 0.3) is 11.0 Å². The summed E-state index contributed by atoms with van der Waals surface area (Å²) in [5.74, 6) is 0.512. The second-order valence-corrected chi connectivity index (χ2v) is 7.17. The molecule has 3 rings (SSSR count). The smallest absolute Gasteiger partial charge is 0.314 e. The summed E-state index contributed by atoms with van der Waals surface area (Å²) in [7, 11) is 0. The average molecular weight is 357 g/mol. The first-order valence-electron chi connectivity index (χ1n) is 9.30. The molecule has 1 aromatic carbocycles. The Hall–Kier alpha value is -2.57.